The SMILES string of the molecule is Cc1ccc(S(=O)(=O)N2CCC[C@@H](C(=O)O)C2)c(Br)c1. The molecule has 1 atom stereocenters. The normalized spacial score (nSPS) is 20.8. The van der Waals surface area contributed by atoms with Gasteiger partial charge >= 0.3 is 5.97 Å². The van der Waals surface area contributed by atoms with Crippen LogP contribution in [0.25, 0.3) is 0 Å². The number of hydrogen-bond acceptors (Lipinski definition) is 3. The zero-order valence-electron chi connectivity index (χ0n) is 11.0. The van der Waals surface area contributed by atoms with Crippen LogP contribution in [0.15, 0.2) is 27.6 Å². The fourth-order valence-electron chi connectivity index (χ4n) is 2.32. The quantitative estimate of drug-likeness (QED) is 0.895. The first-order valence-corrected chi connectivity index (χ1v) is 8.55. The van der Waals surface area contributed by atoms with Gasteiger partial charge in [-0.2, -0.15) is 4.31 Å². The van der Waals surface area contributed by atoms with Gasteiger partial charge in [-0.1, -0.05) is 6.07 Å². The van der Waals surface area contributed by atoms with E-state index in [4.69, 9.17) is 5.11 Å². The highest BCUT2D eigenvalue weighted by atomic mass is 79.9. The third-order valence-electron chi connectivity index (χ3n) is 3.44. The largest absolute Gasteiger partial charge is 0.481 e. The second kappa shape index (κ2) is 5.83. The average molecular weight is 362 g/mol. The second-order valence-electron chi connectivity index (χ2n) is 4.97. The lowest BCUT2D eigenvalue weighted by molar-refractivity contribution is -0.142. The van der Waals surface area contributed by atoms with E-state index in [9.17, 15) is 13.2 Å². The number of carboxylic acid groups (broad SMARTS) is 1. The van der Waals surface area contributed by atoms with Gasteiger partial charge in [0.25, 0.3) is 0 Å². The lowest BCUT2D eigenvalue weighted by Gasteiger charge is -2.30. The van der Waals surface area contributed by atoms with Crippen LogP contribution in [0.2, 0.25) is 0 Å². The summed E-state index contributed by atoms with van der Waals surface area (Å²) in [6.45, 7) is 2.28. The van der Waals surface area contributed by atoms with E-state index in [1.165, 1.54) is 4.31 Å². The number of hydrogen-bond donors (Lipinski definition) is 1. The van der Waals surface area contributed by atoms with Crippen molar-refractivity contribution in [2.24, 2.45) is 5.92 Å². The van der Waals surface area contributed by atoms with E-state index in [1.54, 1.807) is 18.2 Å². The molecule has 20 heavy (non-hydrogen) atoms. The van der Waals surface area contributed by atoms with Gasteiger partial charge in [0.2, 0.25) is 10.0 Å². The van der Waals surface area contributed by atoms with Gasteiger partial charge < -0.3 is 5.11 Å². The predicted octanol–water partition coefficient (Wildman–Crippen LogP) is 2.24. The van der Waals surface area contributed by atoms with E-state index in [-0.39, 0.29) is 11.4 Å². The molecule has 110 valence electrons. The Morgan fingerprint density at radius 1 is 1.45 bits per heavy atom. The molecule has 0 saturated carbocycles. The van der Waals surface area contributed by atoms with E-state index in [0.29, 0.717) is 23.9 Å². The maximum Gasteiger partial charge on any atom is 0.307 e. The molecule has 0 bridgehead atoms. The predicted molar refractivity (Wildman–Crippen MR) is 78.0 cm³/mol. The fraction of sp³-hybridized carbons (Fsp3) is 0.462. The topological polar surface area (TPSA) is 74.7 Å². The summed E-state index contributed by atoms with van der Waals surface area (Å²) in [6, 6.07) is 5.03. The van der Waals surface area contributed by atoms with Gasteiger partial charge in [-0.3, -0.25) is 4.79 Å². The molecule has 7 heteroatoms. The van der Waals surface area contributed by atoms with Crippen molar-refractivity contribution in [1.82, 2.24) is 4.31 Å². The van der Waals surface area contributed by atoms with E-state index in [1.807, 2.05) is 6.92 Å². The molecule has 1 fully saturated rings. The number of piperidine rings is 1. The third-order valence-corrected chi connectivity index (χ3v) is 6.28. The van der Waals surface area contributed by atoms with E-state index in [2.05, 4.69) is 15.9 Å². The molecule has 5 nitrogen and oxygen atoms in total. The van der Waals surface area contributed by atoms with E-state index >= 15 is 0 Å². The number of benzene rings is 1. The number of aryl methyl sites for hydroxylation is 1. The van der Waals surface area contributed by atoms with Crippen molar-refractivity contribution >= 4 is 31.9 Å². The number of rotatable bonds is 3. The summed E-state index contributed by atoms with van der Waals surface area (Å²) < 4.78 is 27.0. The van der Waals surface area contributed by atoms with Crippen molar-refractivity contribution in [3.63, 3.8) is 0 Å². The minimum Gasteiger partial charge on any atom is -0.481 e. The number of sulfonamides is 1. The van der Waals surface area contributed by atoms with E-state index in [0.717, 1.165) is 5.56 Å². The van der Waals surface area contributed by atoms with Crippen molar-refractivity contribution in [3.05, 3.63) is 28.2 Å². The molecule has 0 aliphatic carbocycles. The van der Waals surface area contributed by atoms with Gasteiger partial charge in [0.05, 0.1) is 10.8 Å². The van der Waals surface area contributed by atoms with Gasteiger partial charge in [-0.25, -0.2) is 8.42 Å². The Balaban J connectivity index is 2.32. The first-order chi connectivity index (χ1) is 9.32. The Morgan fingerprint density at radius 2 is 2.15 bits per heavy atom. The molecular weight excluding hydrogens is 346 g/mol. The van der Waals surface area contributed by atoms with Crippen molar-refractivity contribution < 1.29 is 18.3 Å². The van der Waals surface area contributed by atoms with Crippen molar-refractivity contribution in [2.45, 2.75) is 24.7 Å². The minimum atomic E-state index is -3.65. The van der Waals surface area contributed by atoms with Crippen molar-refractivity contribution in [2.75, 3.05) is 13.1 Å². The summed E-state index contributed by atoms with van der Waals surface area (Å²) >= 11 is 3.27. The lowest BCUT2D eigenvalue weighted by atomic mass is 10.0. The summed E-state index contributed by atoms with van der Waals surface area (Å²) in [5.41, 5.74) is 0.956. The summed E-state index contributed by atoms with van der Waals surface area (Å²) in [6.07, 6.45) is 1.09. The van der Waals surface area contributed by atoms with Crippen LogP contribution in [-0.2, 0) is 14.8 Å². The fourth-order valence-corrected chi connectivity index (χ4v) is 4.99. The number of aliphatic carboxylic acids is 1. The summed E-state index contributed by atoms with van der Waals surface area (Å²) in [7, 11) is -3.65. The molecule has 1 N–H and O–H groups in total. The Bertz CT molecular complexity index is 629. The molecule has 0 radical (unpaired) electrons. The van der Waals surface area contributed by atoms with Crippen molar-refractivity contribution in [3.8, 4) is 0 Å². The molecule has 0 spiro atoms. The smallest absolute Gasteiger partial charge is 0.307 e. The molecule has 1 aromatic carbocycles. The van der Waals surface area contributed by atoms with Crippen LogP contribution in [0.5, 0.6) is 0 Å². The molecule has 0 aromatic heterocycles. The molecule has 2 rings (SSSR count). The Morgan fingerprint density at radius 3 is 2.75 bits per heavy atom. The van der Waals surface area contributed by atoms with Crippen LogP contribution in [0, 0.1) is 12.8 Å². The van der Waals surface area contributed by atoms with Gasteiger partial charge in [0, 0.05) is 17.6 Å². The maximum absolute atomic E-state index is 12.6. The molecule has 0 unspecified atom stereocenters. The van der Waals surface area contributed by atoms with Crippen LogP contribution in [-0.4, -0.2) is 36.9 Å². The molecular formula is C13H16BrNO4S. The Labute approximate surface area is 126 Å². The van der Waals surface area contributed by atoms with Crippen LogP contribution in [0.4, 0.5) is 0 Å². The highest BCUT2D eigenvalue weighted by molar-refractivity contribution is 9.10. The van der Waals surface area contributed by atoms with Crippen LogP contribution < -0.4 is 0 Å². The zero-order chi connectivity index (χ0) is 14.9. The van der Waals surface area contributed by atoms with Crippen LogP contribution in [0.3, 0.4) is 0 Å². The van der Waals surface area contributed by atoms with Gasteiger partial charge in [0.15, 0.2) is 0 Å². The molecule has 1 aliphatic rings. The molecule has 1 saturated heterocycles. The third kappa shape index (κ3) is 3.05. The van der Waals surface area contributed by atoms with E-state index < -0.39 is 21.9 Å². The number of halogens is 1. The maximum atomic E-state index is 12.6. The Kier molecular flexibility index (Phi) is 4.51. The lowest BCUT2D eigenvalue weighted by Crippen LogP contribution is -2.42. The number of nitrogens with zero attached hydrogens (tertiary/aromatic N) is 1. The second-order valence-corrected chi connectivity index (χ2v) is 7.74. The number of carbonyl (C=O) groups is 1. The molecule has 1 heterocycles. The highest BCUT2D eigenvalue weighted by Crippen LogP contribution is 2.29. The minimum absolute atomic E-state index is 0.0397. The van der Waals surface area contributed by atoms with Gasteiger partial charge in [-0.05, 0) is 53.4 Å². The van der Waals surface area contributed by atoms with Gasteiger partial charge in [-0.15, -0.1) is 0 Å². The highest BCUT2D eigenvalue weighted by Gasteiger charge is 2.34. The summed E-state index contributed by atoms with van der Waals surface area (Å²) in [5, 5.41) is 9.05. The van der Waals surface area contributed by atoms with Gasteiger partial charge in [0.1, 0.15) is 0 Å². The van der Waals surface area contributed by atoms with Crippen LogP contribution in [0.1, 0.15) is 18.4 Å². The molecule has 0 amide bonds. The zero-order valence-corrected chi connectivity index (χ0v) is 13.4. The summed E-state index contributed by atoms with van der Waals surface area (Å²) in [4.78, 5) is 11.2. The monoisotopic (exact) mass is 361 g/mol. The molecule has 1 aromatic rings. The number of carboxylic acids is 1. The summed E-state index contributed by atoms with van der Waals surface area (Å²) in [5.74, 6) is -1.56. The molecule has 1 aliphatic heterocycles. The van der Waals surface area contributed by atoms with Crippen LogP contribution >= 0.6 is 15.9 Å². The van der Waals surface area contributed by atoms with Crippen molar-refractivity contribution in [1.29, 1.82) is 0 Å². The average Bonchev–Trinajstić information content (AvgIpc) is 2.38. The Hall–Kier alpha value is -0.920. The first-order valence-electron chi connectivity index (χ1n) is 6.31. The first kappa shape index (κ1) is 15.5. The standard InChI is InChI=1S/C13H16BrNO4S/c1-9-4-5-12(11(14)7-9)20(18,19)15-6-2-3-10(8-15)13(16)17/h4-5,7,10H,2-3,6,8H2,1H3,(H,16,17)/t10-/m1/s1.